The van der Waals surface area contributed by atoms with Crippen molar-refractivity contribution in [1.29, 1.82) is 0 Å². The smallest absolute Gasteiger partial charge is 0.169 e. The van der Waals surface area contributed by atoms with Gasteiger partial charge in [0.15, 0.2) is 12.4 Å². The van der Waals surface area contributed by atoms with E-state index in [0.717, 1.165) is 30.6 Å². The van der Waals surface area contributed by atoms with Gasteiger partial charge in [-0.05, 0) is 97.3 Å². The molecule has 0 aliphatic heterocycles. The van der Waals surface area contributed by atoms with E-state index in [1.54, 1.807) is 0 Å². The highest BCUT2D eigenvalue weighted by atomic mass is 127. The predicted molar refractivity (Wildman–Crippen MR) is 127 cm³/mol. The average Bonchev–Trinajstić information content (AvgIpc) is 3.11. The molecule has 3 fully saturated rings. The summed E-state index contributed by atoms with van der Waals surface area (Å²) in [5.41, 5.74) is 4.02. The van der Waals surface area contributed by atoms with E-state index < -0.39 is 0 Å². The molecule has 0 saturated heterocycles. The van der Waals surface area contributed by atoms with E-state index in [0.29, 0.717) is 22.7 Å². The number of aromatic nitrogens is 1. The van der Waals surface area contributed by atoms with Gasteiger partial charge < -0.3 is 29.1 Å². The summed E-state index contributed by atoms with van der Waals surface area (Å²) in [6.07, 6.45) is 21.7. The van der Waals surface area contributed by atoms with Gasteiger partial charge in [0.25, 0.3) is 0 Å². The van der Waals surface area contributed by atoms with Crippen LogP contribution in [0.1, 0.15) is 77.7 Å². The number of hydrogen-bond acceptors (Lipinski definition) is 1. The molecule has 8 atom stereocenters. The molecule has 1 N–H and O–H groups in total. The van der Waals surface area contributed by atoms with E-state index in [1.165, 1.54) is 44.1 Å². The summed E-state index contributed by atoms with van der Waals surface area (Å²) in [7, 11) is 2.07. The lowest BCUT2D eigenvalue weighted by Gasteiger charge is -2.57. The van der Waals surface area contributed by atoms with Crippen molar-refractivity contribution in [3.63, 3.8) is 0 Å². The molecule has 32 heavy (non-hydrogen) atoms. The number of fused-ring (bicyclic) bond motifs is 5. The van der Waals surface area contributed by atoms with Gasteiger partial charge in [0.2, 0.25) is 0 Å². The molecule has 1 aromatic heterocycles. The van der Waals surface area contributed by atoms with Crippen LogP contribution in [0.25, 0.3) is 6.08 Å². The standard InChI is InChI=1S/C29H42NO.HI/c1-20(5-6-21-13-17-30(4)18-14-21)25-9-10-26-24-8-7-22-19-23(31)11-15-28(22,2)27(24)12-16-29(25,26)3;/h5-6,8,13-14,17-18,20,22-23,25-27,31H,7,9-12,15-16,19H2,1-4H3;1H/q+1;/p-1/b6-5+;/t20-,22?,23+,25-,26?,27?,28+,29-;/m1./s1. The monoisotopic (exact) mass is 547 g/mol. The number of allylic oxidation sites excluding steroid dienone is 3. The topological polar surface area (TPSA) is 24.1 Å². The zero-order chi connectivity index (χ0) is 21.8. The van der Waals surface area contributed by atoms with Crippen LogP contribution in [-0.4, -0.2) is 11.2 Å². The second-order valence-corrected chi connectivity index (χ2v) is 11.9. The Labute approximate surface area is 212 Å². The Morgan fingerprint density at radius 1 is 1.03 bits per heavy atom. The molecule has 4 aliphatic carbocycles. The Balaban J connectivity index is 0.00000245. The van der Waals surface area contributed by atoms with Gasteiger partial charge in [0.1, 0.15) is 7.05 Å². The maximum atomic E-state index is 10.3. The molecule has 2 nitrogen and oxygen atoms in total. The van der Waals surface area contributed by atoms with Crippen molar-refractivity contribution in [3.8, 4) is 0 Å². The molecular weight excluding hydrogens is 505 g/mol. The van der Waals surface area contributed by atoms with Crippen molar-refractivity contribution in [1.82, 2.24) is 0 Å². The zero-order valence-electron chi connectivity index (χ0n) is 20.4. The van der Waals surface area contributed by atoms with Crippen LogP contribution in [0.2, 0.25) is 0 Å². The first-order valence-corrected chi connectivity index (χ1v) is 12.8. The van der Waals surface area contributed by atoms with Crippen LogP contribution in [0.4, 0.5) is 0 Å². The molecule has 5 rings (SSSR count). The van der Waals surface area contributed by atoms with Gasteiger partial charge in [-0.2, -0.15) is 0 Å². The summed E-state index contributed by atoms with van der Waals surface area (Å²) in [4.78, 5) is 0. The second-order valence-electron chi connectivity index (χ2n) is 11.9. The Morgan fingerprint density at radius 3 is 2.47 bits per heavy atom. The second kappa shape index (κ2) is 9.17. The third-order valence-electron chi connectivity index (χ3n) is 10.4. The first-order valence-electron chi connectivity index (χ1n) is 12.8. The minimum Gasteiger partial charge on any atom is -1.00 e. The van der Waals surface area contributed by atoms with Crippen LogP contribution in [0.15, 0.2) is 42.3 Å². The lowest BCUT2D eigenvalue weighted by molar-refractivity contribution is -0.671. The van der Waals surface area contributed by atoms with Crippen LogP contribution >= 0.6 is 0 Å². The highest BCUT2D eigenvalue weighted by molar-refractivity contribution is 5.48. The molecule has 0 amide bonds. The number of rotatable bonds is 3. The molecule has 0 bridgehead atoms. The fourth-order valence-corrected chi connectivity index (χ4v) is 8.41. The molecule has 4 aliphatic rings. The van der Waals surface area contributed by atoms with Crippen molar-refractivity contribution < 1.29 is 33.7 Å². The highest BCUT2D eigenvalue weighted by Gasteiger charge is 2.57. The average molecular weight is 548 g/mol. The van der Waals surface area contributed by atoms with Crippen molar-refractivity contribution in [2.24, 2.45) is 47.5 Å². The summed E-state index contributed by atoms with van der Waals surface area (Å²) in [5, 5.41) is 10.3. The number of pyridine rings is 1. The highest BCUT2D eigenvalue weighted by Crippen LogP contribution is 2.66. The minimum absolute atomic E-state index is 0. The summed E-state index contributed by atoms with van der Waals surface area (Å²) in [5.74, 6) is 3.66. The van der Waals surface area contributed by atoms with Gasteiger partial charge in [-0.25, -0.2) is 4.57 Å². The van der Waals surface area contributed by atoms with E-state index >= 15 is 0 Å². The fraction of sp³-hybridized carbons (Fsp3) is 0.690. The van der Waals surface area contributed by atoms with Crippen molar-refractivity contribution in [3.05, 3.63) is 47.8 Å². The number of aryl methyl sites for hydroxylation is 1. The van der Waals surface area contributed by atoms with Crippen molar-refractivity contribution >= 4 is 6.08 Å². The molecule has 176 valence electrons. The fourth-order valence-electron chi connectivity index (χ4n) is 8.41. The Bertz CT molecular complexity index is 876. The number of hydrogen-bond donors (Lipinski definition) is 1. The van der Waals surface area contributed by atoms with Gasteiger partial charge in [0.05, 0.1) is 6.10 Å². The molecular formula is C29H42INO. The van der Waals surface area contributed by atoms with E-state index in [4.69, 9.17) is 0 Å². The van der Waals surface area contributed by atoms with E-state index in [2.05, 4.69) is 75.1 Å². The van der Waals surface area contributed by atoms with E-state index in [1.807, 2.05) is 5.57 Å². The van der Waals surface area contributed by atoms with Crippen LogP contribution in [0.5, 0.6) is 0 Å². The minimum atomic E-state index is -0.0579. The largest absolute Gasteiger partial charge is 1.00 e. The molecule has 3 heteroatoms. The van der Waals surface area contributed by atoms with Gasteiger partial charge >= 0.3 is 0 Å². The lowest BCUT2D eigenvalue weighted by Crippen LogP contribution is -3.00. The molecule has 3 unspecified atom stereocenters. The summed E-state index contributed by atoms with van der Waals surface area (Å²) in [6, 6.07) is 4.41. The SMILES string of the molecule is C[C@H](/C=C/c1cc[n+](C)cc1)[C@H]1CCC2C3=CCC4C[C@@H](O)CC[C@]4(C)C3CC[C@@]21C.[I-]. The van der Waals surface area contributed by atoms with Crippen molar-refractivity contribution in [2.45, 2.75) is 78.2 Å². The van der Waals surface area contributed by atoms with Gasteiger partial charge in [-0.1, -0.05) is 44.6 Å². The Kier molecular flexibility index (Phi) is 7.00. The van der Waals surface area contributed by atoms with E-state index in [9.17, 15) is 5.11 Å². The molecule has 0 aromatic carbocycles. The third-order valence-corrected chi connectivity index (χ3v) is 10.4. The number of halogens is 1. The molecule has 1 heterocycles. The first kappa shape index (κ1) is 24.4. The van der Waals surface area contributed by atoms with Crippen LogP contribution in [0.3, 0.4) is 0 Å². The lowest BCUT2D eigenvalue weighted by atomic mass is 9.47. The number of nitrogens with zero attached hydrogens (tertiary/aromatic N) is 1. The van der Waals surface area contributed by atoms with Crippen molar-refractivity contribution in [2.75, 3.05) is 0 Å². The first-order chi connectivity index (χ1) is 14.8. The van der Waals surface area contributed by atoms with Gasteiger partial charge in [0, 0.05) is 12.1 Å². The Hall–Kier alpha value is -0.680. The summed E-state index contributed by atoms with van der Waals surface area (Å²) < 4.78 is 2.10. The quantitative estimate of drug-likeness (QED) is 0.351. The molecule has 0 spiro atoms. The molecule has 0 radical (unpaired) electrons. The number of aliphatic hydroxyl groups is 1. The number of aliphatic hydroxyl groups excluding tert-OH is 1. The maximum absolute atomic E-state index is 10.3. The molecule has 3 saturated carbocycles. The Morgan fingerprint density at radius 2 is 1.72 bits per heavy atom. The van der Waals surface area contributed by atoms with Crippen LogP contribution in [0, 0.1) is 40.4 Å². The predicted octanol–water partition coefficient (Wildman–Crippen LogP) is 3.10. The third kappa shape index (κ3) is 4.04. The van der Waals surface area contributed by atoms with Gasteiger partial charge in [-0.3, -0.25) is 0 Å². The van der Waals surface area contributed by atoms with Crippen LogP contribution in [-0.2, 0) is 7.05 Å². The van der Waals surface area contributed by atoms with E-state index in [-0.39, 0.29) is 30.1 Å². The zero-order valence-corrected chi connectivity index (χ0v) is 22.6. The normalized spacial score (nSPS) is 41.8. The summed E-state index contributed by atoms with van der Waals surface area (Å²) >= 11 is 0. The summed E-state index contributed by atoms with van der Waals surface area (Å²) in [6.45, 7) is 7.65. The van der Waals surface area contributed by atoms with Gasteiger partial charge in [-0.15, -0.1) is 0 Å². The maximum Gasteiger partial charge on any atom is 0.169 e. The molecule has 1 aromatic rings. The van der Waals surface area contributed by atoms with Crippen LogP contribution < -0.4 is 28.5 Å².